The molecule has 1 unspecified atom stereocenters. The molecule has 3 aromatic rings. The Labute approximate surface area is 151 Å². The number of urea groups is 1. The fourth-order valence-electron chi connectivity index (χ4n) is 2.29. The van der Waals surface area contributed by atoms with E-state index in [1.165, 1.54) is 0 Å². The fourth-order valence-corrected chi connectivity index (χ4v) is 2.29. The molecule has 0 aliphatic carbocycles. The largest absolute Gasteiger partial charge is 0.337 e. The molecule has 0 saturated heterocycles. The Bertz CT molecular complexity index is 862. The van der Waals surface area contributed by atoms with Crippen molar-refractivity contribution < 1.29 is 9.32 Å². The highest BCUT2D eigenvalue weighted by Crippen LogP contribution is 2.21. The molecular formula is C18H22N6O2. The van der Waals surface area contributed by atoms with Crippen molar-refractivity contribution in [1.29, 1.82) is 0 Å². The minimum atomic E-state index is -0.400. The van der Waals surface area contributed by atoms with Crippen LogP contribution in [0, 0.1) is 0 Å². The molecule has 8 nitrogen and oxygen atoms in total. The summed E-state index contributed by atoms with van der Waals surface area (Å²) in [4.78, 5) is 16.5. The Hall–Kier alpha value is -3.16. The first-order valence-electron chi connectivity index (χ1n) is 8.34. The van der Waals surface area contributed by atoms with Crippen LogP contribution in [0.4, 0.5) is 10.5 Å². The summed E-state index contributed by atoms with van der Waals surface area (Å²) in [6, 6.07) is 8.59. The van der Waals surface area contributed by atoms with Crippen molar-refractivity contribution in [2.24, 2.45) is 0 Å². The second-order valence-electron chi connectivity index (χ2n) is 7.07. The molecule has 2 amide bonds. The molecule has 1 atom stereocenters. The minimum Gasteiger partial charge on any atom is -0.337 e. The number of nitrogens with one attached hydrogen (secondary N) is 3. The van der Waals surface area contributed by atoms with Gasteiger partial charge in [-0.15, -0.1) is 0 Å². The number of benzene rings is 1. The molecule has 0 aliphatic heterocycles. The van der Waals surface area contributed by atoms with Crippen molar-refractivity contribution in [2.45, 2.75) is 39.2 Å². The van der Waals surface area contributed by atoms with Gasteiger partial charge in [-0.25, -0.2) is 4.79 Å². The number of carbonyl (C=O) groups is 1. The molecule has 1 aromatic carbocycles. The number of carbonyl (C=O) groups excluding carboxylic acids is 1. The van der Waals surface area contributed by atoms with Crippen molar-refractivity contribution in [2.75, 3.05) is 5.32 Å². The van der Waals surface area contributed by atoms with E-state index in [1.807, 2.05) is 51.1 Å². The van der Waals surface area contributed by atoms with Gasteiger partial charge < -0.3 is 15.2 Å². The van der Waals surface area contributed by atoms with Gasteiger partial charge in [0.1, 0.15) is 6.04 Å². The topological polar surface area (TPSA) is 109 Å². The van der Waals surface area contributed by atoms with Crippen LogP contribution in [0.3, 0.4) is 0 Å². The summed E-state index contributed by atoms with van der Waals surface area (Å²) in [6.07, 6.45) is 1.69. The van der Waals surface area contributed by atoms with Gasteiger partial charge in [0.25, 0.3) is 0 Å². The fraction of sp³-hybridized carbons (Fsp3) is 0.333. The SMILES string of the molecule is CC(NC(=O)Nc1ccc(-c2ccn[nH]2)cc1)c1nc(C(C)(C)C)no1. The van der Waals surface area contributed by atoms with Crippen molar-refractivity contribution >= 4 is 11.7 Å². The summed E-state index contributed by atoms with van der Waals surface area (Å²) in [7, 11) is 0. The number of aromatic amines is 1. The molecule has 0 radical (unpaired) electrons. The van der Waals surface area contributed by atoms with Gasteiger partial charge in [0.15, 0.2) is 5.82 Å². The second kappa shape index (κ2) is 6.99. The lowest BCUT2D eigenvalue weighted by Crippen LogP contribution is -2.31. The Morgan fingerprint density at radius 1 is 1.19 bits per heavy atom. The molecular weight excluding hydrogens is 332 g/mol. The van der Waals surface area contributed by atoms with Crippen LogP contribution in [-0.2, 0) is 5.41 Å². The van der Waals surface area contributed by atoms with Gasteiger partial charge in [0.05, 0.1) is 5.69 Å². The summed E-state index contributed by atoms with van der Waals surface area (Å²) < 4.78 is 5.25. The average Bonchev–Trinajstić information content (AvgIpc) is 3.27. The van der Waals surface area contributed by atoms with E-state index >= 15 is 0 Å². The molecule has 0 aliphatic rings. The lowest BCUT2D eigenvalue weighted by molar-refractivity contribution is 0.245. The quantitative estimate of drug-likeness (QED) is 0.663. The van der Waals surface area contributed by atoms with Crippen LogP contribution in [0.1, 0.15) is 45.5 Å². The maximum Gasteiger partial charge on any atom is 0.319 e. The first-order chi connectivity index (χ1) is 12.3. The number of amides is 2. The number of rotatable bonds is 4. The molecule has 3 rings (SSSR count). The van der Waals surface area contributed by atoms with E-state index in [9.17, 15) is 4.79 Å². The van der Waals surface area contributed by atoms with Gasteiger partial charge in [0, 0.05) is 17.3 Å². The van der Waals surface area contributed by atoms with Crippen molar-refractivity contribution in [1.82, 2.24) is 25.7 Å². The highest BCUT2D eigenvalue weighted by atomic mass is 16.5. The van der Waals surface area contributed by atoms with Crippen LogP contribution < -0.4 is 10.6 Å². The number of nitrogens with zero attached hydrogens (tertiary/aromatic N) is 3. The molecule has 0 saturated carbocycles. The summed E-state index contributed by atoms with van der Waals surface area (Å²) in [5.41, 5.74) is 2.38. The summed E-state index contributed by atoms with van der Waals surface area (Å²) in [6.45, 7) is 7.79. The van der Waals surface area contributed by atoms with E-state index in [0.717, 1.165) is 11.3 Å². The van der Waals surface area contributed by atoms with Crippen LogP contribution in [-0.4, -0.2) is 26.4 Å². The van der Waals surface area contributed by atoms with Gasteiger partial charge in [-0.1, -0.05) is 38.1 Å². The second-order valence-corrected chi connectivity index (χ2v) is 7.07. The Morgan fingerprint density at radius 2 is 1.92 bits per heavy atom. The standard InChI is InChI=1S/C18H22N6O2/c1-11(15-22-16(24-26-15)18(2,3)4)20-17(25)21-13-7-5-12(6-8-13)14-9-10-19-23-14/h5-11H,1-4H3,(H,19,23)(H2,20,21,25). The van der Waals surface area contributed by atoms with Gasteiger partial charge in [-0.3, -0.25) is 5.10 Å². The zero-order valence-corrected chi connectivity index (χ0v) is 15.2. The Balaban J connectivity index is 1.59. The third-order valence-corrected chi connectivity index (χ3v) is 3.79. The zero-order valence-electron chi connectivity index (χ0n) is 15.2. The average molecular weight is 354 g/mol. The van der Waals surface area contributed by atoms with Crippen molar-refractivity contribution in [3.63, 3.8) is 0 Å². The summed E-state index contributed by atoms with van der Waals surface area (Å²) in [5, 5.41) is 16.4. The number of aromatic nitrogens is 4. The van der Waals surface area contributed by atoms with Crippen LogP contribution in [0.15, 0.2) is 41.1 Å². The van der Waals surface area contributed by atoms with Gasteiger partial charge in [-0.2, -0.15) is 10.1 Å². The third kappa shape index (κ3) is 4.08. The molecule has 26 heavy (non-hydrogen) atoms. The van der Waals surface area contributed by atoms with E-state index in [4.69, 9.17) is 4.52 Å². The Morgan fingerprint density at radius 3 is 2.50 bits per heavy atom. The smallest absolute Gasteiger partial charge is 0.319 e. The maximum atomic E-state index is 12.2. The number of hydrogen-bond acceptors (Lipinski definition) is 5. The lowest BCUT2D eigenvalue weighted by Gasteiger charge is -2.12. The molecule has 0 spiro atoms. The maximum absolute atomic E-state index is 12.2. The number of hydrogen-bond donors (Lipinski definition) is 3. The molecule has 0 fully saturated rings. The summed E-state index contributed by atoms with van der Waals surface area (Å²) >= 11 is 0. The van der Waals surface area contributed by atoms with Crippen LogP contribution in [0.25, 0.3) is 11.3 Å². The third-order valence-electron chi connectivity index (χ3n) is 3.79. The predicted octanol–water partition coefficient (Wildman–Crippen LogP) is 3.64. The molecule has 3 N–H and O–H groups in total. The normalized spacial score (nSPS) is 12.6. The van der Waals surface area contributed by atoms with Crippen molar-refractivity contribution in [3.8, 4) is 11.3 Å². The van der Waals surface area contributed by atoms with E-state index in [2.05, 4.69) is 31.0 Å². The number of H-pyrrole nitrogens is 1. The Kier molecular flexibility index (Phi) is 4.75. The van der Waals surface area contributed by atoms with Crippen LogP contribution >= 0.6 is 0 Å². The molecule has 2 aromatic heterocycles. The van der Waals surface area contributed by atoms with Gasteiger partial charge in [0.2, 0.25) is 5.89 Å². The van der Waals surface area contributed by atoms with E-state index in [-0.39, 0.29) is 11.4 Å². The number of anilines is 1. The predicted molar refractivity (Wildman–Crippen MR) is 97.6 cm³/mol. The van der Waals surface area contributed by atoms with Crippen LogP contribution in [0.5, 0.6) is 0 Å². The van der Waals surface area contributed by atoms with E-state index in [1.54, 1.807) is 13.1 Å². The zero-order chi connectivity index (χ0) is 18.7. The van der Waals surface area contributed by atoms with E-state index in [0.29, 0.717) is 17.4 Å². The monoisotopic (exact) mass is 354 g/mol. The van der Waals surface area contributed by atoms with Gasteiger partial charge in [-0.05, 0) is 30.7 Å². The van der Waals surface area contributed by atoms with E-state index < -0.39 is 6.04 Å². The minimum absolute atomic E-state index is 0.208. The highest BCUT2D eigenvalue weighted by molar-refractivity contribution is 5.89. The molecule has 8 heteroatoms. The lowest BCUT2D eigenvalue weighted by atomic mass is 9.96. The summed E-state index contributed by atoms with van der Waals surface area (Å²) in [5.74, 6) is 0.982. The first kappa shape index (κ1) is 17.7. The van der Waals surface area contributed by atoms with Crippen molar-refractivity contribution in [3.05, 3.63) is 48.2 Å². The molecule has 136 valence electrons. The highest BCUT2D eigenvalue weighted by Gasteiger charge is 2.23. The molecule has 0 bridgehead atoms. The van der Waals surface area contributed by atoms with Crippen LogP contribution in [0.2, 0.25) is 0 Å². The van der Waals surface area contributed by atoms with Gasteiger partial charge >= 0.3 is 6.03 Å². The molecule has 2 heterocycles. The first-order valence-corrected chi connectivity index (χ1v) is 8.34.